The van der Waals surface area contributed by atoms with Gasteiger partial charge in [0.15, 0.2) is 0 Å². The lowest BCUT2D eigenvalue weighted by molar-refractivity contribution is -0.127. The number of hydrogen-bond donors (Lipinski definition) is 1. The number of nitrogens with zero attached hydrogens (tertiary/aromatic N) is 1. The second kappa shape index (κ2) is 3.68. The highest BCUT2D eigenvalue weighted by molar-refractivity contribution is 7.84. The van der Waals surface area contributed by atoms with Crippen LogP contribution < -0.4 is 5.14 Å². The van der Waals surface area contributed by atoms with Crippen LogP contribution in [0.15, 0.2) is 0 Å². The molecule has 2 N–H and O–H groups in total. The van der Waals surface area contributed by atoms with E-state index < -0.39 is 16.2 Å². The first-order valence-corrected chi connectivity index (χ1v) is 4.10. The number of rotatable bonds is 2. The Kier molecular flexibility index (Phi) is 3.52. The molecule has 60 valence electrons. The molecule has 0 aromatic heterocycles. The minimum atomic E-state index is -1.55. The van der Waals surface area contributed by atoms with Crippen molar-refractivity contribution >= 4 is 16.9 Å². The zero-order chi connectivity index (χ0) is 8.31. The zero-order valence-electron chi connectivity index (χ0n) is 6.33. The largest absolute Gasteiger partial charge is 0.348 e. The van der Waals surface area contributed by atoms with Gasteiger partial charge in [0.25, 0.3) is 0 Å². The maximum absolute atomic E-state index is 10.9. The summed E-state index contributed by atoms with van der Waals surface area (Å²) in [4.78, 5) is 12.3. The lowest BCUT2D eigenvalue weighted by atomic mass is 10.4. The third-order valence-corrected chi connectivity index (χ3v) is 2.04. The Hall–Kier alpha value is -0.420. The van der Waals surface area contributed by atoms with Crippen LogP contribution in [0.1, 0.15) is 6.92 Å². The van der Waals surface area contributed by atoms with E-state index in [4.69, 9.17) is 5.14 Å². The number of amides is 1. The maximum atomic E-state index is 10.9. The first-order chi connectivity index (χ1) is 4.46. The molecule has 2 unspecified atom stereocenters. The second-order valence-corrected chi connectivity index (χ2v) is 3.57. The molecule has 0 spiro atoms. The van der Waals surface area contributed by atoms with E-state index >= 15 is 0 Å². The van der Waals surface area contributed by atoms with Gasteiger partial charge in [-0.05, 0) is 6.92 Å². The molecule has 0 aromatic rings. The molecule has 10 heavy (non-hydrogen) atoms. The molecule has 1 amide bonds. The summed E-state index contributed by atoms with van der Waals surface area (Å²) in [5, 5.41) is 4.40. The summed E-state index contributed by atoms with van der Waals surface area (Å²) >= 11 is 0. The topological polar surface area (TPSA) is 63.4 Å². The molecule has 0 heterocycles. The van der Waals surface area contributed by atoms with Crippen LogP contribution in [0.5, 0.6) is 0 Å². The van der Waals surface area contributed by atoms with Crippen molar-refractivity contribution in [2.45, 2.75) is 12.2 Å². The Morgan fingerprint density at radius 2 is 2.00 bits per heavy atom. The molecule has 0 saturated heterocycles. The van der Waals surface area contributed by atoms with Crippen LogP contribution in [0.4, 0.5) is 0 Å². The molecule has 5 heteroatoms. The Morgan fingerprint density at radius 1 is 1.60 bits per heavy atom. The molecule has 0 aliphatic heterocycles. The van der Waals surface area contributed by atoms with Crippen LogP contribution in [0.3, 0.4) is 0 Å². The summed E-state index contributed by atoms with van der Waals surface area (Å²) in [5.74, 6) is -0.208. The standard InChI is InChI=1S/C5H12N2O2S/c1-4(10(6)9)5(8)7(2)3/h4H,6H2,1-3H3. The quantitative estimate of drug-likeness (QED) is 0.574. The summed E-state index contributed by atoms with van der Waals surface area (Å²) in [6, 6.07) is 0. The van der Waals surface area contributed by atoms with Crippen molar-refractivity contribution in [1.29, 1.82) is 0 Å². The van der Waals surface area contributed by atoms with E-state index in [-0.39, 0.29) is 5.91 Å². The van der Waals surface area contributed by atoms with Gasteiger partial charge in [-0.1, -0.05) is 0 Å². The fraction of sp³-hybridized carbons (Fsp3) is 0.800. The minimum Gasteiger partial charge on any atom is -0.348 e. The molecule has 0 aliphatic rings. The molecule has 4 nitrogen and oxygen atoms in total. The highest BCUT2D eigenvalue weighted by Crippen LogP contribution is 1.93. The average molecular weight is 164 g/mol. The third kappa shape index (κ3) is 2.45. The monoisotopic (exact) mass is 164 g/mol. The van der Waals surface area contributed by atoms with Crippen LogP contribution >= 0.6 is 0 Å². The van der Waals surface area contributed by atoms with E-state index in [0.717, 1.165) is 0 Å². The number of hydrogen-bond acceptors (Lipinski definition) is 2. The van der Waals surface area contributed by atoms with Crippen LogP contribution in [0, 0.1) is 0 Å². The number of nitrogens with two attached hydrogens (primary N) is 1. The van der Waals surface area contributed by atoms with E-state index in [1.54, 1.807) is 21.0 Å². The minimum absolute atomic E-state index is 0.208. The Morgan fingerprint density at radius 3 is 2.10 bits per heavy atom. The first-order valence-electron chi connectivity index (χ1n) is 2.83. The van der Waals surface area contributed by atoms with Crippen molar-refractivity contribution in [3.05, 3.63) is 0 Å². The molecule has 2 atom stereocenters. The van der Waals surface area contributed by atoms with Crippen molar-refractivity contribution in [3.8, 4) is 0 Å². The second-order valence-electron chi connectivity index (χ2n) is 2.20. The van der Waals surface area contributed by atoms with Gasteiger partial charge >= 0.3 is 0 Å². The number of carbonyl (C=O) groups excluding carboxylic acids is 1. The molecule has 0 saturated carbocycles. The smallest absolute Gasteiger partial charge is 0.238 e. The Labute approximate surface area is 63.0 Å². The Bertz CT molecular complexity index is 158. The van der Waals surface area contributed by atoms with E-state index in [9.17, 15) is 9.00 Å². The van der Waals surface area contributed by atoms with Gasteiger partial charge in [0.1, 0.15) is 16.2 Å². The molecule has 0 radical (unpaired) electrons. The van der Waals surface area contributed by atoms with E-state index in [1.165, 1.54) is 4.90 Å². The van der Waals surface area contributed by atoms with Gasteiger partial charge in [0.2, 0.25) is 5.91 Å². The maximum Gasteiger partial charge on any atom is 0.238 e. The van der Waals surface area contributed by atoms with Crippen molar-refractivity contribution in [2.75, 3.05) is 14.1 Å². The number of carbonyl (C=O) groups is 1. The van der Waals surface area contributed by atoms with Gasteiger partial charge in [-0.3, -0.25) is 9.93 Å². The van der Waals surface area contributed by atoms with Crippen LogP contribution in [-0.4, -0.2) is 34.4 Å². The molecule has 0 rings (SSSR count). The van der Waals surface area contributed by atoms with Crippen molar-refractivity contribution in [2.24, 2.45) is 5.14 Å². The normalized spacial score (nSPS) is 16.0. The fourth-order valence-corrected chi connectivity index (χ4v) is 0.873. The lowest BCUT2D eigenvalue weighted by Gasteiger charge is -2.13. The van der Waals surface area contributed by atoms with Gasteiger partial charge in [0, 0.05) is 14.1 Å². The molecule has 0 aromatic carbocycles. The fourth-order valence-electron chi connectivity index (χ4n) is 0.463. The summed E-state index contributed by atoms with van der Waals surface area (Å²) in [6.07, 6.45) is 0. The van der Waals surface area contributed by atoms with Crippen LogP contribution in [-0.2, 0) is 15.8 Å². The van der Waals surface area contributed by atoms with Crippen LogP contribution in [0.25, 0.3) is 0 Å². The van der Waals surface area contributed by atoms with Gasteiger partial charge in [0.05, 0.1) is 0 Å². The van der Waals surface area contributed by atoms with Gasteiger partial charge in [-0.2, -0.15) is 0 Å². The highest BCUT2D eigenvalue weighted by Gasteiger charge is 2.18. The van der Waals surface area contributed by atoms with Crippen molar-refractivity contribution in [3.63, 3.8) is 0 Å². The Balaban J connectivity index is 4.08. The zero-order valence-corrected chi connectivity index (χ0v) is 7.14. The molecular weight excluding hydrogens is 152 g/mol. The van der Waals surface area contributed by atoms with Gasteiger partial charge in [-0.25, -0.2) is 4.21 Å². The molecule has 0 fully saturated rings. The predicted molar refractivity (Wildman–Crippen MR) is 40.5 cm³/mol. The molecule has 0 bridgehead atoms. The highest BCUT2D eigenvalue weighted by atomic mass is 32.2. The molecular formula is C5H12N2O2S. The first kappa shape index (κ1) is 9.58. The van der Waals surface area contributed by atoms with Crippen molar-refractivity contribution in [1.82, 2.24) is 4.90 Å². The van der Waals surface area contributed by atoms with E-state index in [0.29, 0.717) is 0 Å². The molecule has 0 aliphatic carbocycles. The lowest BCUT2D eigenvalue weighted by Crippen LogP contribution is -2.36. The SMILES string of the molecule is CC(C(=O)N(C)C)S(N)=O. The van der Waals surface area contributed by atoms with E-state index in [1.807, 2.05) is 0 Å². The summed E-state index contributed by atoms with van der Waals surface area (Å²) in [5.41, 5.74) is 0. The van der Waals surface area contributed by atoms with E-state index in [2.05, 4.69) is 0 Å². The average Bonchev–Trinajstić information content (AvgIpc) is 1.84. The summed E-state index contributed by atoms with van der Waals surface area (Å²) < 4.78 is 10.5. The summed E-state index contributed by atoms with van der Waals surface area (Å²) in [6.45, 7) is 1.54. The van der Waals surface area contributed by atoms with Gasteiger partial charge < -0.3 is 4.90 Å². The van der Waals surface area contributed by atoms with Crippen molar-refractivity contribution < 1.29 is 9.00 Å². The summed E-state index contributed by atoms with van der Waals surface area (Å²) in [7, 11) is 1.65. The predicted octanol–water partition coefficient (Wildman–Crippen LogP) is -0.914. The van der Waals surface area contributed by atoms with Gasteiger partial charge in [-0.15, -0.1) is 0 Å². The third-order valence-electron chi connectivity index (χ3n) is 1.14. The van der Waals surface area contributed by atoms with Crippen LogP contribution in [0.2, 0.25) is 0 Å².